The summed E-state index contributed by atoms with van der Waals surface area (Å²) in [7, 11) is 0. The highest BCUT2D eigenvalue weighted by atomic mass is 14.9. The molecular formula is C16H28N2. The maximum Gasteiger partial charge on any atom is 0.00431 e. The summed E-state index contributed by atoms with van der Waals surface area (Å²) in [6.07, 6.45) is 3.39. The highest BCUT2D eigenvalue weighted by Crippen LogP contribution is 2.22. The van der Waals surface area contributed by atoms with Crippen LogP contribution in [0.25, 0.3) is 0 Å². The van der Waals surface area contributed by atoms with E-state index < -0.39 is 0 Å². The molecule has 0 spiro atoms. The van der Waals surface area contributed by atoms with E-state index in [0.29, 0.717) is 0 Å². The molecule has 18 heavy (non-hydrogen) atoms. The molecule has 0 saturated heterocycles. The van der Waals surface area contributed by atoms with Crippen LogP contribution in [0, 0.1) is 0 Å². The highest BCUT2D eigenvalue weighted by molar-refractivity contribution is 5.28. The zero-order valence-electron chi connectivity index (χ0n) is 12.1. The third-order valence-electron chi connectivity index (χ3n) is 3.52. The van der Waals surface area contributed by atoms with Gasteiger partial charge in [-0.25, -0.2) is 0 Å². The fourth-order valence-corrected chi connectivity index (χ4v) is 2.09. The Bertz CT molecular complexity index is 327. The molecule has 1 aromatic rings. The van der Waals surface area contributed by atoms with Gasteiger partial charge in [-0.15, -0.1) is 0 Å². The lowest BCUT2D eigenvalue weighted by molar-refractivity contribution is 0.464. The summed E-state index contributed by atoms with van der Waals surface area (Å²) >= 11 is 0. The molecule has 3 N–H and O–H groups in total. The molecule has 2 heteroatoms. The average Bonchev–Trinajstić information content (AvgIpc) is 2.38. The van der Waals surface area contributed by atoms with Gasteiger partial charge in [-0.2, -0.15) is 0 Å². The van der Waals surface area contributed by atoms with Gasteiger partial charge in [-0.1, -0.05) is 45.0 Å². The predicted octanol–water partition coefficient (Wildman–Crippen LogP) is 2.86. The Morgan fingerprint density at radius 1 is 1.11 bits per heavy atom. The van der Waals surface area contributed by atoms with Crippen LogP contribution >= 0.6 is 0 Å². The second-order valence-corrected chi connectivity index (χ2v) is 5.61. The van der Waals surface area contributed by atoms with Crippen LogP contribution < -0.4 is 11.1 Å². The molecule has 0 bridgehead atoms. The summed E-state index contributed by atoms with van der Waals surface area (Å²) in [6.45, 7) is 9.66. The molecule has 2 nitrogen and oxygen atoms in total. The van der Waals surface area contributed by atoms with Gasteiger partial charge in [0.2, 0.25) is 0 Å². The number of benzene rings is 1. The van der Waals surface area contributed by atoms with E-state index in [1.807, 2.05) is 0 Å². The lowest BCUT2D eigenvalue weighted by Crippen LogP contribution is -2.33. The minimum absolute atomic E-state index is 0.189. The first-order chi connectivity index (χ1) is 8.60. The Hall–Kier alpha value is -0.860. The molecule has 0 atom stereocenters. The molecule has 1 rings (SSSR count). The second-order valence-electron chi connectivity index (χ2n) is 5.61. The van der Waals surface area contributed by atoms with Crippen molar-refractivity contribution in [3.05, 3.63) is 35.4 Å². The van der Waals surface area contributed by atoms with Crippen molar-refractivity contribution in [3.63, 3.8) is 0 Å². The van der Waals surface area contributed by atoms with Crippen molar-refractivity contribution in [1.82, 2.24) is 5.32 Å². The summed E-state index contributed by atoms with van der Waals surface area (Å²) in [5.41, 5.74) is 8.49. The molecule has 0 fully saturated rings. The summed E-state index contributed by atoms with van der Waals surface area (Å²) in [5.74, 6) is 0. The van der Waals surface area contributed by atoms with E-state index in [2.05, 4.69) is 50.4 Å². The number of nitrogens with one attached hydrogen (secondary N) is 1. The van der Waals surface area contributed by atoms with Crippen molar-refractivity contribution in [2.24, 2.45) is 5.73 Å². The fraction of sp³-hybridized carbons (Fsp3) is 0.625. The molecule has 0 aliphatic rings. The van der Waals surface area contributed by atoms with Crippen LogP contribution in [0.1, 0.15) is 44.7 Å². The van der Waals surface area contributed by atoms with Gasteiger partial charge in [0.25, 0.3) is 0 Å². The average molecular weight is 248 g/mol. The molecule has 0 heterocycles. The first-order valence-corrected chi connectivity index (χ1v) is 7.10. The van der Waals surface area contributed by atoms with E-state index in [1.54, 1.807) is 0 Å². The molecule has 0 aromatic heterocycles. The number of aryl methyl sites for hydroxylation is 1. The Kier molecular flexibility index (Phi) is 6.37. The lowest BCUT2D eigenvalue weighted by atomic mass is 9.84. The van der Waals surface area contributed by atoms with E-state index in [-0.39, 0.29) is 5.41 Å². The topological polar surface area (TPSA) is 38.0 Å². The molecule has 1 aromatic carbocycles. The van der Waals surface area contributed by atoms with E-state index in [9.17, 15) is 0 Å². The zero-order chi connectivity index (χ0) is 13.4. The molecule has 0 aliphatic heterocycles. The first-order valence-electron chi connectivity index (χ1n) is 7.10. The van der Waals surface area contributed by atoms with Gasteiger partial charge < -0.3 is 11.1 Å². The molecule has 102 valence electrons. The van der Waals surface area contributed by atoms with Crippen molar-refractivity contribution in [2.45, 2.75) is 45.4 Å². The summed E-state index contributed by atoms with van der Waals surface area (Å²) in [4.78, 5) is 0. The van der Waals surface area contributed by atoms with Crippen molar-refractivity contribution < 1.29 is 0 Å². The maximum atomic E-state index is 5.49. The Balaban J connectivity index is 2.45. The monoisotopic (exact) mass is 248 g/mol. The summed E-state index contributed by atoms with van der Waals surface area (Å²) in [6, 6.07) is 9.01. The van der Waals surface area contributed by atoms with Crippen molar-refractivity contribution in [2.75, 3.05) is 19.6 Å². The SMILES string of the molecule is CCc1ccc(C(C)(C)CNCCCCN)cc1. The number of unbranched alkanes of at least 4 members (excludes halogenated alkanes) is 1. The van der Waals surface area contributed by atoms with Crippen LogP contribution in [-0.4, -0.2) is 19.6 Å². The number of hydrogen-bond donors (Lipinski definition) is 2. The van der Waals surface area contributed by atoms with Crippen LogP contribution in [0.15, 0.2) is 24.3 Å². The minimum Gasteiger partial charge on any atom is -0.330 e. The van der Waals surface area contributed by atoms with Crippen LogP contribution in [0.4, 0.5) is 0 Å². The Morgan fingerprint density at radius 2 is 1.78 bits per heavy atom. The lowest BCUT2D eigenvalue weighted by Gasteiger charge is -2.26. The molecule has 0 radical (unpaired) electrons. The van der Waals surface area contributed by atoms with Gasteiger partial charge in [0.05, 0.1) is 0 Å². The first kappa shape index (κ1) is 15.2. The van der Waals surface area contributed by atoms with Crippen LogP contribution in [0.5, 0.6) is 0 Å². The van der Waals surface area contributed by atoms with Gasteiger partial charge in [0.1, 0.15) is 0 Å². The number of rotatable bonds is 8. The van der Waals surface area contributed by atoms with Gasteiger partial charge in [-0.3, -0.25) is 0 Å². The van der Waals surface area contributed by atoms with Gasteiger partial charge in [0, 0.05) is 12.0 Å². The van der Waals surface area contributed by atoms with Crippen LogP contribution in [0.2, 0.25) is 0 Å². The van der Waals surface area contributed by atoms with Crippen molar-refractivity contribution in [1.29, 1.82) is 0 Å². The molecule has 0 saturated carbocycles. The Labute approximate surface area is 112 Å². The van der Waals surface area contributed by atoms with Crippen LogP contribution in [0.3, 0.4) is 0 Å². The van der Waals surface area contributed by atoms with Crippen molar-refractivity contribution in [3.8, 4) is 0 Å². The van der Waals surface area contributed by atoms with E-state index in [0.717, 1.165) is 32.5 Å². The van der Waals surface area contributed by atoms with Crippen LogP contribution in [-0.2, 0) is 11.8 Å². The highest BCUT2D eigenvalue weighted by Gasteiger charge is 2.19. The van der Waals surface area contributed by atoms with E-state index in [1.165, 1.54) is 17.5 Å². The summed E-state index contributed by atoms with van der Waals surface area (Å²) < 4.78 is 0. The summed E-state index contributed by atoms with van der Waals surface area (Å²) in [5, 5.41) is 3.53. The second kappa shape index (κ2) is 7.55. The Morgan fingerprint density at radius 3 is 2.33 bits per heavy atom. The third-order valence-corrected chi connectivity index (χ3v) is 3.52. The van der Waals surface area contributed by atoms with E-state index in [4.69, 9.17) is 5.73 Å². The number of hydrogen-bond acceptors (Lipinski definition) is 2. The standard InChI is InChI=1S/C16H28N2/c1-4-14-7-9-15(10-8-14)16(2,3)13-18-12-6-5-11-17/h7-10,18H,4-6,11-13,17H2,1-3H3. The number of nitrogens with two attached hydrogens (primary N) is 1. The zero-order valence-corrected chi connectivity index (χ0v) is 12.1. The largest absolute Gasteiger partial charge is 0.330 e. The smallest absolute Gasteiger partial charge is 0.00431 e. The minimum atomic E-state index is 0.189. The maximum absolute atomic E-state index is 5.49. The normalized spacial score (nSPS) is 11.8. The van der Waals surface area contributed by atoms with Gasteiger partial charge >= 0.3 is 0 Å². The van der Waals surface area contributed by atoms with E-state index >= 15 is 0 Å². The van der Waals surface area contributed by atoms with Crippen molar-refractivity contribution >= 4 is 0 Å². The molecule has 0 aliphatic carbocycles. The molecular weight excluding hydrogens is 220 g/mol. The quantitative estimate of drug-likeness (QED) is 0.694. The molecule has 0 amide bonds. The van der Waals surface area contributed by atoms with Gasteiger partial charge in [0.15, 0.2) is 0 Å². The third kappa shape index (κ3) is 4.79. The predicted molar refractivity (Wildman–Crippen MR) is 80.0 cm³/mol. The van der Waals surface area contributed by atoms with Gasteiger partial charge in [-0.05, 0) is 43.5 Å². The fourth-order valence-electron chi connectivity index (χ4n) is 2.09. The molecule has 0 unspecified atom stereocenters.